The zero-order valence-electron chi connectivity index (χ0n) is 16.8. The highest BCUT2D eigenvalue weighted by Gasteiger charge is 2.24. The fourth-order valence-electron chi connectivity index (χ4n) is 3.27. The molecule has 3 aromatic carbocycles. The van der Waals surface area contributed by atoms with Crippen LogP contribution in [0.15, 0.2) is 60.7 Å². The topological polar surface area (TPSA) is 58.2 Å². The summed E-state index contributed by atoms with van der Waals surface area (Å²) in [5.74, 6) is -0.504. The summed E-state index contributed by atoms with van der Waals surface area (Å²) < 4.78 is 0. The Morgan fingerprint density at radius 2 is 1.72 bits per heavy atom. The van der Waals surface area contributed by atoms with Crippen molar-refractivity contribution in [2.45, 2.75) is 33.2 Å². The molecule has 0 aliphatic rings. The van der Waals surface area contributed by atoms with Crippen LogP contribution in [0.5, 0.6) is 0 Å². The third-order valence-corrected chi connectivity index (χ3v) is 5.34. The first-order chi connectivity index (χ1) is 13.8. The van der Waals surface area contributed by atoms with Gasteiger partial charge in [-0.3, -0.25) is 9.59 Å². The number of carbonyl (C=O) groups excluding carboxylic acids is 2. The lowest BCUT2D eigenvalue weighted by atomic mass is 10.00. The molecule has 29 heavy (non-hydrogen) atoms. The lowest BCUT2D eigenvalue weighted by molar-refractivity contribution is -0.127. The third kappa shape index (κ3) is 5.15. The van der Waals surface area contributed by atoms with Crippen LogP contribution in [-0.4, -0.2) is 17.9 Å². The fourth-order valence-corrected chi connectivity index (χ4v) is 3.45. The minimum atomic E-state index is -0.641. The van der Waals surface area contributed by atoms with E-state index in [0.29, 0.717) is 10.7 Å². The van der Waals surface area contributed by atoms with Gasteiger partial charge in [-0.15, -0.1) is 0 Å². The second-order valence-corrected chi connectivity index (χ2v) is 7.96. The molecule has 2 N–H and O–H groups in total. The van der Waals surface area contributed by atoms with Crippen LogP contribution in [0.3, 0.4) is 0 Å². The minimum Gasteiger partial charge on any atom is -0.344 e. The van der Waals surface area contributed by atoms with Gasteiger partial charge in [0.05, 0.1) is 6.42 Å². The average Bonchev–Trinajstić information content (AvgIpc) is 2.69. The molecule has 0 aliphatic carbocycles. The molecule has 3 aromatic rings. The van der Waals surface area contributed by atoms with Crippen LogP contribution < -0.4 is 10.6 Å². The second-order valence-electron chi connectivity index (χ2n) is 7.56. The predicted molar refractivity (Wildman–Crippen MR) is 119 cm³/mol. The first kappa shape index (κ1) is 20.9. The highest BCUT2D eigenvalue weighted by molar-refractivity contribution is 6.31. The minimum absolute atomic E-state index is 0.0626. The van der Waals surface area contributed by atoms with Gasteiger partial charge in [0.25, 0.3) is 0 Å². The largest absolute Gasteiger partial charge is 0.344 e. The highest BCUT2D eigenvalue weighted by Crippen LogP contribution is 2.21. The van der Waals surface area contributed by atoms with Gasteiger partial charge < -0.3 is 10.6 Å². The number of fused-ring (bicyclic) bond motifs is 1. The van der Waals surface area contributed by atoms with Crippen LogP contribution in [0.2, 0.25) is 5.02 Å². The molecule has 0 radical (unpaired) electrons. The lowest BCUT2D eigenvalue weighted by Crippen LogP contribution is -2.47. The van der Waals surface area contributed by atoms with Gasteiger partial charge in [-0.25, -0.2) is 0 Å². The number of aryl methyl sites for hydroxylation is 1. The summed E-state index contributed by atoms with van der Waals surface area (Å²) in [6.07, 6.45) is 0.216. The van der Waals surface area contributed by atoms with Gasteiger partial charge in [-0.05, 0) is 46.9 Å². The lowest BCUT2D eigenvalue weighted by Gasteiger charge is -2.22. The SMILES string of the molecule is Cc1ccc(NC(=O)[C@@H](NC(=O)Cc2cccc3ccccc23)C(C)C)cc1Cl. The Balaban J connectivity index is 1.71. The van der Waals surface area contributed by atoms with Crippen molar-refractivity contribution in [2.24, 2.45) is 5.92 Å². The van der Waals surface area contributed by atoms with E-state index >= 15 is 0 Å². The van der Waals surface area contributed by atoms with Crippen LogP contribution in [0.1, 0.15) is 25.0 Å². The van der Waals surface area contributed by atoms with Crippen molar-refractivity contribution in [3.8, 4) is 0 Å². The van der Waals surface area contributed by atoms with E-state index in [1.807, 2.05) is 69.3 Å². The molecule has 0 fully saturated rings. The first-order valence-corrected chi connectivity index (χ1v) is 10.1. The Hall–Kier alpha value is -2.85. The molecule has 0 spiro atoms. The van der Waals surface area contributed by atoms with Crippen LogP contribution in [0.25, 0.3) is 10.8 Å². The molecular formula is C24H25ClN2O2. The van der Waals surface area contributed by atoms with E-state index in [4.69, 9.17) is 11.6 Å². The smallest absolute Gasteiger partial charge is 0.247 e. The Bertz CT molecular complexity index is 1040. The average molecular weight is 409 g/mol. The number of hydrogen-bond acceptors (Lipinski definition) is 2. The van der Waals surface area contributed by atoms with Crippen LogP contribution in [-0.2, 0) is 16.0 Å². The summed E-state index contributed by atoms with van der Waals surface area (Å²) >= 11 is 6.14. The van der Waals surface area contributed by atoms with Crippen LogP contribution in [0, 0.1) is 12.8 Å². The van der Waals surface area contributed by atoms with E-state index in [2.05, 4.69) is 10.6 Å². The summed E-state index contributed by atoms with van der Waals surface area (Å²) in [5.41, 5.74) is 2.49. The Morgan fingerprint density at radius 1 is 1.00 bits per heavy atom. The molecule has 3 rings (SSSR count). The molecule has 1 atom stereocenters. The molecule has 0 saturated heterocycles. The summed E-state index contributed by atoms with van der Waals surface area (Å²) in [6, 6.07) is 18.6. The van der Waals surface area contributed by atoms with Gasteiger partial charge >= 0.3 is 0 Å². The Morgan fingerprint density at radius 3 is 2.45 bits per heavy atom. The van der Waals surface area contributed by atoms with E-state index in [9.17, 15) is 9.59 Å². The molecule has 0 aliphatic heterocycles. The van der Waals surface area contributed by atoms with Crippen molar-refractivity contribution < 1.29 is 9.59 Å². The van der Waals surface area contributed by atoms with Gasteiger partial charge in [0.1, 0.15) is 6.04 Å². The van der Waals surface area contributed by atoms with Crippen molar-refractivity contribution in [3.63, 3.8) is 0 Å². The zero-order chi connectivity index (χ0) is 21.0. The number of carbonyl (C=O) groups is 2. The van der Waals surface area contributed by atoms with E-state index < -0.39 is 6.04 Å². The maximum atomic E-state index is 12.8. The summed E-state index contributed by atoms with van der Waals surface area (Å²) in [7, 11) is 0. The van der Waals surface area contributed by atoms with Gasteiger partial charge in [0, 0.05) is 10.7 Å². The van der Waals surface area contributed by atoms with Gasteiger partial charge in [-0.1, -0.05) is 74.0 Å². The maximum absolute atomic E-state index is 12.8. The van der Waals surface area contributed by atoms with E-state index in [1.54, 1.807) is 12.1 Å². The van der Waals surface area contributed by atoms with Crippen molar-refractivity contribution in [1.82, 2.24) is 5.32 Å². The van der Waals surface area contributed by atoms with Gasteiger partial charge in [-0.2, -0.15) is 0 Å². The number of rotatable bonds is 6. The molecule has 0 bridgehead atoms. The van der Waals surface area contributed by atoms with Crippen molar-refractivity contribution in [2.75, 3.05) is 5.32 Å². The van der Waals surface area contributed by atoms with Crippen LogP contribution >= 0.6 is 11.6 Å². The fraction of sp³-hybridized carbons (Fsp3) is 0.250. The quantitative estimate of drug-likeness (QED) is 0.594. The van der Waals surface area contributed by atoms with E-state index in [-0.39, 0.29) is 24.2 Å². The summed E-state index contributed by atoms with van der Waals surface area (Å²) in [5, 5.41) is 8.47. The van der Waals surface area contributed by atoms with Crippen LogP contribution in [0.4, 0.5) is 5.69 Å². The van der Waals surface area contributed by atoms with Gasteiger partial charge in [0.15, 0.2) is 0 Å². The zero-order valence-corrected chi connectivity index (χ0v) is 17.6. The molecular weight excluding hydrogens is 384 g/mol. The summed E-state index contributed by atoms with van der Waals surface area (Å²) in [6.45, 7) is 5.72. The molecule has 0 aromatic heterocycles. The standard InChI is InChI=1S/C24H25ClN2O2/c1-15(2)23(24(29)26-19-12-11-16(3)21(25)14-19)27-22(28)13-18-9-6-8-17-7-4-5-10-20(17)18/h4-12,14-15,23H,13H2,1-3H3,(H,26,29)(H,27,28)/t23-/m0/s1. The number of anilines is 1. The number of nitrogens with one attached hydrogen (secondary N) is 2. The van der Waals surface area contributed by atoms with Crippen molar-refractivity contribution in [3.05, 3.63) is 76.8 Å². The molecule has 2 amide bonds. The molecule has 0 saturated carbocycles. The monoisotopic (exact) mass is 408 g/mol. The molecule has 0 heterocycles. The summed E-state index contributed by atoms with van der Waals surface area (Å²) in [4.78, 5) is 25.5. The van der Waals surface area contributed by atoms with Crippen molar-refractivity contribution >= 4 is 39.9 Å². The Kier molecular flexibility index (Phi) is 6.55. The molecule has 0 unspecified atom stereocenters. The highest BCUT2D eigenvalue weighted by atomic mass is 35.5. The first-order valence-electron chi connectivity index (χ1n) is 9.68. The molecule has 150 valence electrons. The molecule has 4 nitrogen and oxygen atoms in total. The number of amides is 2. The normalized spacial score (nSPS) is 12.0. The van der Waals surface area contributed by atoms with E-state index in [1.165, 1.54) is 0 Å². The third-order valence-electron chi connectivity index (χ3n) is 4.94. The predicted octanol–water partition coefficient (Wildman–Crippen LogP) is 5.12. The van der Waals surface area contributed by atoms with Gasteiger partial charge in [0.2, 0.25) is 11.8 Å². The number of halogens is 1. The van der Waals surface area contributed by atoms with Crippen molar-refractivity contribution in [1.29, 1.82) is 0 Å². The number of benzene rings is 3. The van der Waals surface area contributed by atoms with E-state index in [0.717, 1.165) is 21.9 Å². The number of hydrogen-bond donors (Lipinski definition) is 2. The second kappa shape index (κ2) is 9.10. The maximum Gasteiger partial charge on any atom is 0.247 e. The molecule has 5 heteroatoms. The Labute approximate surface area is 176 Å².